The third-order valence-electron chi connectivity index (χ3n) is 6.64. The highest BCUT2D eigenvalue weighted by Crippen LogP contribution is 2.31. The van der Waals surface area contributed by atoms with Gasteiger partial charge in [-0.1, -0.05) is 41.9 Å². The number of benzene rings is 4. The maximum Gasteiger partial charge on any atom is 0.339 e. The second-order valence-electron chi connectivity index (χ2n) is 9.33. The van der Waals surface area contributed by atoms with Crippen molar-refractivity contribution in [3.8, 4) is 23.0 Å². The first-order chi connectivity index (χ1) is 18.4. The minimum absolute atomic E-state index is 0.105. The van der Waals surface area contributed by atoms with Crippen molar-refractivity contribution in [2.45, 2.75) is 31.4 Å². The van der Waals surface area contributed by atoms with E-state index in [9.17, 15) is 15.0 Å². The van der Waals surface area contributed by atoms with Crippen molar-refractivity contribution in [1.29, 1.82) is 0 Å². The molecule has 0 radical (unpaired) electrons. The molecule has 1 aliphatic rings. The summed E-state index contributed by atoms with van der Waals surface area (Å²) < 4.78 is 11.9. The van der Waals surface area contributed by atoms with Crippen LogP contribution in [0.3, 0.4) is 0 Å². The minimum atomic E-state index is -1.04. The van der Waals surface area contributed by atoms with Crippen molar-refractivity contribution in [1.82, 2.24) is 5.32 Å². The van der Waals surface area contributed by atoms with E-state index in [1.807, 2.05) is 18.2 Å². The highest BCUT2D eigenvalue weighted by atomic mass is 35.5. The van der Waals surface area contributed by atoms with E-state index < -0.39 is 12.1 Å². The Morgan fingerprint density at radius 3 is 2.39 bits per heavy atom. The van der Waals surface area contributed by atoms with Gasteiger partial charge in [0.1, 0.15) is 28.6 Å². The van der Waals surface area contributed by atoms with Gasteiger partial charge in [0.05, 0.1) is 6.10 Å². The molecule has 6 nitrogen and oxygen atoms in total. The van der Waals surface area contributed by atoms with Gasteiger partial charge in [0.2, 0.25) is 0 Å². The number of hydrogen-bond donors (Lipinski definition) is 3. The number of ether oxygens (including phenoxy) is 2. The number of aliphatic hydroxyl groups is 1. The third-order valence-corrected chi connectivity index (χ3v) is 6.88. The Bertz CT molecular complexity index is 1420. The van der Waals surface area contributed by atoms with E-state index in [1.165, 1.54) is 17.2 Å². The first kappa shape index (κ1) is 25.8. The average Bonchev–Trinajstić information content (AvgIpc) is 2.93. The van der Waals surface area contributed by atoms with E-state index >= 15 is 0 Å². The summed E-state index contributed by atoms with van der Waals surface area (Å²) in [5, 5.41) is 24.0. The minimum Gasteiger partial charge on any atom is -0.478 e. The fourth-order valence-electron chi connectivity index (χ4n) is 4.65. The summed E-state index contributed by atoms with van der Waals surface area (Å²) in [6.45, 7) is 0.460. The molecule has 4 aromatic carbocycles. The second kappa shape index (κ2) is 11.7. The fourth-order valence-corrected chi connectivity index (χ4v) is 4.85. The Kier molecular flexibility index (Phi) is 7.94. The van der Waals surface area contributed by atoms with E-state index in [4.69, 9.17) is 21.1 Å². The number of para-hydroxylation sites is 1. The van der Waals surface area contributed by atoms with Crippen molar-refractivity contribution in [3.63, 3.8) is 0 Å². The third kappa shape index (κ3) is 6.34. The van der Waals surface area contributed by atoms with E-state index in [2.05, 4.69) is 17.4 Å². The van der Waals surface area contributed by atoms with Gasteiger partial charge < -0.3 is 25.0 Å². The summed E-state index contributed by atoms with van der Waals surface area (Å²) in [4.78, 5) is 11.4. The molecule has 0 aliphatic heterocycles. The van der Waals surface area contributed by atoms with E-state index in [-0.39, 0.29) is 17.4 Å². The van der Waals surface area contributed by atoms with Crippen molar-refractivity contribution in [2.75, 3.05) is 6.54 Å². The van der Waals surface area contributed by atoms with Crippen LogP contribution in [0.1, 0.15) is 39.6 Å². The first-order valence-corrected chi connectivity index (χ1v) is 12.9. The smallest absolute Gasteiger partial charge is 0.339 e. The number of carboxylic acid groups (broad SMARTS) is 1. The number of aromatic carboxylic acids is 1. The van der Waals surface area contributed by atoms with Crippen LogP contribution in [-0.4, -0.2) is 28.8 Å². The molecule has 3 N–H and O–H groups in total. The van der Waals surface area contributed by atoms with Gasteiger partial charge in [0, 0.05) is 17.6 Å². The van der Waals surface area contributed by atoms with Gasteiger partial charge in [-0.2, -0.15) is 0 Å². The van der Waals surface area contributed by atoms with Gasteiger partial charge in [-0.25, -0.2) is 4.79 Å². The van der Waals surface area contributed by atoms with Crippen LogP contribution in [0, 0.1) is 0 Å². The van der Waals surface area contributed by atoms with Gasteiger partial charge in [-0.05, 0) is 96.6 Å². The number of halogens is 1. The Morgan fingerprint density at radius 2 is 1.63 bits per heavy atom. The summed E-state index contributed by atoms with van der Waals surface area (Å²) >= 11 is 6.05. The molecular formula is C31H28ClNO5. The topological polar surface area (TPSA) is 88.0 Å². The average molecular weight is 530 g/mol. The lowest BCUT2D eigenvalue weighted by Gasteiger charge is -2.27. The molecule has 0 aromatic heterocycles. The summed E-state index contributed by atoms with van der Waals surface area (Å²) in [5.41, 5.74) is 3.45. The molecular weight excluding hydrogens is 502 g/mol. The predicted molar refractivity (Wildman–Crippen MR) is 147 cm³/mol. The Morgan fingerprint density at radius 1 is 0.895 bits per heavy atom. The van der Waals surface area contributed by atoms with E-state index in [0.717, 1.165) is 30.6 Å². The van der Waals surface area contributed by atoms with E-state index in [1.54, 1.807) is 54.6 Å². The van der Waals surface area contributed by atoms with Crippen LogP contribution >= 0.6 is 11.6 Å². The number of carbonyl (C=O) groups is 1. The van der Waals surface area contributed by atoms with Crippen LogP contribution in [0.25, 0.3) is 0 Å². The number of carboxylic acids is 1. The highest BCUT2D eigenvalue weighted by Gasteiger charge is 2.20. The van der Waals surface area contributed by atoms with Gasteiger partial charge in [0.25, 0.3) is 0 Å². The molecule has 0 bridgehead atoms. The summed E-state index contributed by atoms with van der Waals surface area (Å²) in [7, 11) is 0. The molecule has 2 atom stereocenters. The lowest BCUT2D eigenvalue weighted by molar-refractivity contribution is 0.0694. The number of nitrogens with one attached hydrogen (secondary N) is 1. The molecule has 0 saturated heterocycles. The van der Waals surface area contributed by atoms with Crippen LogP contribution in [0.2, 0.25) is 5.02 Å². The Labute approximate surface area is 226 Å². The molecule has 38 heavy (non-hydrogen) atoms. The number of hydrogen-bond acceptors (Lipinski definition) is 5. The molecule has 194 valence electrons. The maximum absolute atomic E-state index is 11.4. The molecule has 0 amide bonds. The van der Waals surface area contributed by atoms with Gasteiger partial charge in [-0.15, -0.1) is 0 Å². The van der Waals surface area contributed by atoms with Crippen LogP contribution < -0.4 is 14.8 Å². The molecule has 0 saturated carbocycles. The fraction of sp³-hybridized carbons (Fsp3) is 0.194. The highest BCUT2D eigenvalue weighted by molar-refractivity contribution is 6.30. The van der Waals surface area contributed by atoms with Crippen molar-refractivity contribution >= 4 is 17.6 Å². The monoisotopic (exact) mass is 529 g/mol. The van der Waals surface area contributed by atoms with Gasteiger partial charge >= 0.3 is 5.97 Å². The molecule has 5 rings (SSSR count). The lowest BCUT2D eigenvalue weighted by Crippen LogP contribution is -2.37. The van der Waals surface area contributed by atoms with Crippen molar-refractivity contribution < 1.29 is 24.5 Å². The van der Waals surface area contributed by atoms with Crippen LogP contribution in [-0.2, 0) is 12.8 Å². The number of aryl methyl sites for hydroxylation is 1. The number of rotatable bonds is 9. The molecule has 7 heteroatoms. The normalized spacial score (nSPS) is 15.4. The molecule has 0 unspecified atom stereocenters. The maximum atomic E-state index is 11.4. The van der Waals surface area contributed by atoms with E-state index in [0.29, 0.717) is 23.1 Å². The zero-order valence-electron chi connectivity index (χ0n) is 20.6. The van der Waals surface area contributed by atoms with Crippen LogP contribution in [0.5, 0.6) is 23.0 Å². The number of aliphatic hydroxyl groups excluding tert-OH is 1. The lowest BCUT2D eigenvalue weighted by atomic mass is 9.88. The molecule has 1 aliphatic carbocycles. The standard InChI is InChI=1S/C31H28ClNO5/c32-23-5-3-4-21(16-23)29(34)19-33-24-10-8-20-9-11-27(18-22(20)17-24)37-25-12-14-26(15-13-25)38-30-7-2-1-6-28(30)31(35)36/h1-7,9,11-16,18,24,29,33-34H,8,10,17,19H2,(H,35,36)/t24-,29-/m0/s1. The Hall–Kier alpha value is -3.84. The van der Waals surface area contributed by atoms with Crippen molar-refractivity contribution in [3.05, 3.63) is 118 Å². The quantitative estimate of drug-likeness (QED) is 0.221. The van der Waals surface area contributed by atoms with Gasteiger partial charge in [-0.3, -0.25) is 0 Å². The SMILES string of the molecule is O=C(O)c1ccccc1Oc1ccc(Oc2ccc3c(c2)C[C@@H](NC[C@H](O)c2cccc(Cl)c2)CC3)cc1. The molecule has 0 fully saturated rings. The zero-order valence-corrected chi connectivity index (χ0v) is 21.4. The van der Waals surface area contributed by atoms with Crippen molar-refractivity contribution in [2.24, 2.45) is 0 Å². The molecule has 0 spiro atoms. The number of fused-ring (bicyclic) bond motifs is 1. The largest absolute Gasteiger partial charge is 0.478 e. The van der Waals surface area contributed by atoms with Crippen LogP contribution in [0.4, 0.5) is 0 Å². The Balaban J connectivity index is 1.19. The second-order valence-corrected chi connectivity index (χ2v) is 9.76. The summed E-state index contributed by atoms with van der Waals surface area (Å²) in [6, 6.07) is 27.3. The first-order valence-electron chi connectivity index (χ1n) is 12.5. The molecule has 0 heterocycles. The van der Waals surface area contributed by atoms with Gasteiger partial charge in [0.15, 0.2) is 0 Å². The zero-order chi connectivity index (χ0) is 26.5. The predicted octanol–water partition coefficient (Wildman–Crippen LogP) is 6.80. The summed E-state index contributed by atoms with van der Waals surface area (Å²) in [6.07, 6.45) is 2.20. The summed E-state index contributed by atoms with van der Waals surface area (Å²) in [5.74, 6) is 1.16. The molecule has 4 aromatic rings. The van der Waals surface area contributed by atoms with Crippen LogP contribution in [0.15, 0.2) is 91.0 Å².